The Hall–Kier alpha value is -1.68. The predicted octanol–water partition coefficient (Wildman–Crippen LogP) is 2.08. The Balaban J connectivity index is 2.52. The van der Waals surface area contributed by atoms with Gasteiger partial charge in [0.2, 0.25) is 0 Å². The van der Waals surface area contributed by atoms with Crippen molar-refractivity contribution in [1.29, 1.82) is 0 Å². The van der Waals surface area contributed by atoms with Gasteiger partial charge in [-0.25, -0.2) is 4.98 Å². The molecule has 1 aromatic carbocycles. The number of nitrogens with two attached hydrogens (primary N) is 1. The summed E-state index contributed by atoms with van der Waals surface area (Å²) in [4.78, 5) is 16.6. The molecule has 1 heterocycles. The number of hydrogen-bond acceptors (Lipinski definition) is 3. The second-order valence-corrected chi connectivity index (χ2v) is 5.15. The minimum Gasteiger partial charge on any atom is -0.326 e. The van der Waals surface area contributed by atoms with Crippen LogP contribution < -0.4 is 11.3 Å². The fourth-order valence-electron chi connectivity index (χ4n) is 2.19. The summed E-state index contributed by atoms with van der Waals surface area (Å²) in [5.41, 5.74) is 8.37. The smallest absolute Gasteiger partial charge is 0.272 e. The van der Waals surface area contributed by atoms with Gasteiger partial charge in [0.25, 0.3) is 5.56 Å². The lowest BCUT2D eigenvalue weighted by molar-refractivity contribution is 0.396. The summed E-state index contributed by atoms with van der Waals surface area (Å²) in [5, 5.41) is 0. The van der Waals surface area contributed by atoms with Crippen molar-refractivity contribution in [2.45, 2.75) is 39.8 Å². The van der Waals surface area contributed by atoms with E-state index < -0.39 is 0 Å². The summed E-state index contributed by atoms with van der Waals surface area (Å²) in [5.74, 6) is 0.388. The molecule has 1 aromatic heterocycles. The van der Waals surface area contributed by atoms with Gasteiger partial charge in [-0.15, -0.1) is 0 Å². The third kappa shape index (κ3) is 2.68. The summed E-state index contributed by atoms with van der Waals surface area (Å²) in [6.07, 6.45) is 1.01. The summed E-state index contributed by atoms with van der Waals surface area (Å²) in [7, 11) is 0. The van der Waals surface area contributed by atoms with E-state index in [1.807, 2.05) is 24.3 Å². The summed E-state index contributed by atoms with van der Waals surface area (Å²) in [6.45, 7) is 6.52. The highest BCUT2D eigenvalue weighted by Gasteiger charge is 2.15. The maximum Gasteiger partial charge on any atom is 0.272 e. The van der Waals surface area contributed by atoms with E-state index in [0.29, 0.717) is 18.2 Å². The highest BCUT2D eigenvalue weighted by atomic mass is 16.1. The molecule has 102 valence electrons. The first kappa shape index (κ1) is 13.7. The molecule has 0 radical (unpaired) electrons. The first-order valence-corrected chi connectivity index (χ1v) is 6.76. The fourth-order valence-corrected chi connectivity index (χ4v) is 2.19. The van der Waals surface area contributed by atoms with Crippen LogP contribution in [0, 0.1) is 12.8 Å². The molecule has 4 nitrogen and oxygen atoms in total. The molecule has 0 amide bonds. The zero-order valence-electron chi connectivity index (χ0n) is 11.8. The number of nitrogens with zero attached hydrogens (tertiary/aromatic N) is 2. The topological polar surface area (TPSA) is 60.9 Å². The first-order valence-electron chi connectivity index (χ1n) is 6.76. The molecule has 0 fully saturated rings. The van der Waals surface area contributed by atoms with Crippen LogP contribution in [0.4, 0.5) is 0 Å². The second kappa shape index (κ2) is 5.53. The van der Waals surface area contributed by atoms with E-state index in [4.69, 9.17) is 5.73 Å². The van der Waals surface area contributed by atoms with Gasteiger partial charge in [0.15, 0.2) is 0 Å². The summed E-state index contributed by atoms with van der Waals surface area (Å²) < 4.78 is 1.76. The van der Waals surface area contributed by atoms with Crippen molar-refractivity contribution in [2.24, 2.45) is 11.7 Å². The van der Waals surface area contributed by atoms with Gasteiger partial charge in [-0.3, -0.25) is 4.79 Å². The normalized spacial score (nSPS) is 14.5. The number of hydrogen-bond donors (Lipinski definition) is 1. The van der Waals surface area contributed by atoms with Crippen molar-refractivity contribution in [3.63, 3.8) is 0 Å². The van der Waals surface area contributed by atoms with E-state index in [2.05, 4.69) is 18.8 Å². The highest BCUT2D eigenvalue weighted by Crippen LogP contribution is 2.13. The molecule has 0 spiro atoms. The Morgan fingerprint density at radius 2 is 2.05 bits per heavy atom. The molecule has 2 aromatic rings. The van der Waals surface area contributed by atoms with Crippen LogP contribution in [0.15, 0.2) is 29.1 Å². The van der Waals surface area contributed by atoms with Crippen molar-refractivity contribution < 1.29 is 0 Å². The Morgan fingerprint density at radius 3 is 2.74 bits per heavy atom. The maximum atomic E-state index is 12.3. The van der Waals surface area contributed by atoms with Crippen LogP contribution in [-0.4, -0.2) is 15.6 Å². The van der Waals surface area contributed by atoms with E-state index in [0.717, 1.165) is 17.5 Å². The van der Waals surface area contributed by atoms with Crippen LogP contribution in [0.25, 0.3) is 11.0 Å². The standard InChI is InChI=1S/C15H21N3O/c1-4-10(2)12(16)9-18-14-8-6-5-7-13(14)17-11(3)15(18)19/h5-8,10,12H,4,9,16H2,1-3H3. The lowest BCUT2D eigenvalue weighted by Gasteiger charge is -2.20. The average molecular weight is 259 g/mol. The van der Waals surface area contributed by atoms with Crippen molar-refractivity contribution in [3.8, 4) is 0 Å². The third-order valence-corrected chi connectivity index (χ3v) is 3.78. The molecule has 0 aliphatic heterocycles. The SMILES string of the molecule is CCC(C)C(N)Cn1c(=O)c(C)nc2ccccc21. The lowest BCUT2D eigenvalue weighted by atomic mass is 10.00. The molecule has 0 saturated heterocycles. The lowest BCUT2D eigenvalue weighted by Crippen LogP contribution is -2.37. The average Bonchev–Trinajstić information content (AvgIpc) is 2.42. The van der Waals surface area contributed by atoms with Crippen molar-refractivity contribution in [3.05, 3.63) is 40.3 Å². The predicted molar refractivity (Wildman–Crippen MR) is 78.2 cm³/mol. The molecular formula is C15H21N3O. The van der Waals surface area contributed by atoms with E-state index in [1.165, 1.54) is 0 Å². The maximum absolute atomic E-state index is 12.3. The summed E-state index contributed by atoms with van der Waals surface area (Å²) >= 11 is 0. The van der Waals surface area contributed by atoms with E-state index in [-0.39, 0.29) is 11.6 Å². The van der Waals surface area contributed by atoms with Gasteiger partial charge < -0.3 is 10.3 Å². The molecule has 19 heavy (non-hydrogen) atoms. The molecule has 0 saturated carbocycles. The number of rotatable bonds is 4. The number of aromatic nitrogens is 2. The molecule has 2 rings (SSSR count). The van der Waals surface area contributed by atoms with Crippen molar-refractivity contribution in [2.75, 3.05) is 0 Å². The van der Waals surface area contributed by atoms with Crippen LogP contribution in [0.1, 0.15) is 26.0 Å². The highest BCUT2D eigenvalue weighted by molar-refractivity contribution is 5.74. The largest absolute Gasteiger partial charge is 0.326 e. The first-order chi connectivity index (χ1) is 9.04. The van der Waals surface area contributed by atoms with Crippen molar-refractivity contribution in [1.82, 2.24) is 9.55 Å². The number of fused-ring (bicyclic) bond motifs is 1. The Labute approximate surface area is 113 Å². The number of para-hydroxylation sites is 2. The van der Waals surface area contributed by atoms with E-state index in [1.54, 1.807) is 11.5 Å². The Morgan fingerprint density at radius 1 is 1.37 bits per heavy atom. The Bertz CT molecular complexity index is 633. The van der Waals surface area contributed by atoms with Gasteiger partial charge in [0.1, 0.15) is 5.69 Å². The van der Waals surface area contributed by atoms with Gasteiger partial charge in [0.05, 0.1) is 11.0 Å². The van der Waals surface area contributed by atoms with E-state index >= 15 is 0 Å². The zero-order chi connectivity index (χ0) is 14.0. The van der Waals surface area contributed by atoms with Crippen molar-refractivity contribution >= 4 is 11.0 Å². The van der Waals surface area contributed by atoms with Gasteiger partial charge in [-0.2, -0.15) is 0 Å². The second-order valence-electron chi connectivity index (χ2n) is 5.15. The van der Waals surface area contributed by atoms with Crippen LogP contribution >= 0.6 is 0 Å². The third-order valence-electron chi connectivity index (χ3n) is 3.78. The summed E-state index contributed by atoms with van der Waals surface area (Å²) in [6, 6.07) is 7.68. The van der Waals surface area contributed by atoms with Gasteiger partial charge in [-0.05, 0) is 25.0 Å². The van der Waals surface area contributed by atoms with E-state index in [9.17, 15) is 4.79 Å². The minimum atomic E-state index is -0.0440. The fraction of sp³-hybridized carbons (Fsp3) is 0.467. The molecular weight excluding hydrogens is 238 g/mol. The molecule has 2 N–H and O–H groups in total. The molecule has 4 heteroatoms. The zero-order valence-corrected chi connectivity index (χ0v) is 11.8. The molecule has 0 bridgehead atoms. The van der Waals surface area contributed by atoms with Crippen LogP contribution in [0.2, 0.25) is 0 Å². The molecule has 0 aliphatic carbocycles. The minimum absolute atomic E-state index is 0.0205. The Kier molecular flexibility index (Phi) is 4.00. The van der Waals surface area contributed by atoms with Crippen LogP contribution in [0.5, 0.6) is 0 Å². The molecule has 0 aliphatic rings. The van der Waals surface area contributed by atoms with Gasteiger partial charge in [0, 0.05) is 12.6 Å². The van der Waals surface area contributed by atoms with Gasteiger partial charge >= 0.3 is 0 Å². The monoisotopic (exact) mass is 259 g/mol. The number of aryl methyl sites for hydroxylation is 1. The quantitative estimate of drug-likeness (QED) is 0.914. The van der Waals surface area contributed by atoms with Gasteiger partial charge in [-0.1, -0.05) is 32.4 Å². The molecule has 2 unspecified atom stereocenters. The number of benzene rings is 1. The molecule has 2 atom stereocenters. The van der Waals surface area contributed by atoms with Crippen LogP contribution in [0.3, 0.4) is 0 Å². The van der Waals surface area contributed by atoms with Crippen LogP contribution in [-0.2, 0) is 6.54 Å².